The Morgan fingerprint density at radius 3 is 2.41 bits per heavy atom. The predicted molar refractivity (Wildman–Crippen MR) is 67.0 cm³/mol. The summed E-state index contributed by atoms with van der Waals surface area (Å²) in [5.74, 6) is -0.386. The second-order valence-electron chi connectivity index (χ2n) is 4.17. The van der Waals surface area contributed by atoms with Crippen molar-refractivity contribution in [1.29, 1.82) is 5.16 Å². The average molecular weight is 285 g/mol. The van der Waals surface area contributed by atoms with Crippen LogP contribution >= 0.6 is 18.5 Å². The van der Waals surface area contributed by atoms with Crippen LogP contribution in [0, 0.1) is 5.16 Å². The molecule has 7 nitrogen and oxygen atoms in total. The zero-order valence-electron chi connectivity index (χ0n) is 10.0. The van der Waals surface area contributed by atoms with Gasteiger partial charge in [-0.1, -0.05) is 11.2 Å². The minimum Gasteiger partial charge on any atom is -0.443 e. The lowest BCUT2D eigenvalue weighted by molar-refractivity contribution is -0.121. The molecule has 0 aromatic heterocycles. The largest absolute Gasteiger partial charge is 0.443 e. The molecule has 0 heterocycles. The minimum atomic E-state index is -1.80. The van der Waals surface area contributed by atoms with Crippen LogP contribution in [0.5, 0.6) is 0 Å². The van der Waals surface area contributed by atoms with Gasteiger partial charge in [0.15, 0.2) is 0 Å². The molecule has 0 spiro atoms. The molecule has 0 rings (SSSR count). The summed E-state index contributed by atoms with van der Waals surface area (Å²) < 4.78 is 4.90. The van der Waals surface area contributed by atoms with Crippen molar-refractivity contribution in [2.45, 2.75) is 32.8 Å². The normalized spacial score (nSPS) is 12.7. The Balaban J connectivity index is 3.70. The summed E-state index contributed by atoms with van der Waals surface area (Å²) in [6.07, 6.45) is -0.600. The highest BCUT2D eigenvalue weighted by molar-refractivity contribution is 7.73. The van der Waals surface area contributed by atoms with Crippen LogP contribution in [0.25, 0.3) is 0 Å². The van der Waals surface area contributed by atoms with Crippen molar-refractivity contribution in [2.24, 2.45) is 0 Å². The highest BCUT2D eigenvalue weighted by Gasteiger charge is 2.16. The monoisotopic (exact) mass is 284 g/mol. The molecule has 0 aliphatic carbocycles. The standard InChI is InChI=1S/C8H18ClN4O3P/c1-8(2,3)16-7(15)13-12-6(14)4-5-11-17(9)10/h17H,4-5H2,1-3H3,(H2,10,11)(H,12,14)(H,13,15). The fourth-order valence-electron chi connectivity index (χ4n) is 0.773. The molecule has 0 aromatic rings. The van der Waals surface area contributed by atoms with Gasteiger partial charge in [0, 0.05) is 13.0 Å². The molecule has 4 N–H and O–H groups in total. The average Bonchev–Trinajstić information content (AvgIpc) is 2.11. The predicted octanol–water partition coefficient (Wildman–Crippen LogP) is 1.57. The Morgan fingerprint density at radius 2 is 1.94 bits per heavy atom. The van der Waals surface area contributed by atoms with Gasteiger partial charge in [-0.15, -0.1) is 0 Å². The van der Waals surface area contributed by atoms with E-state index in [2.05, 4.69) is 15.9 Å². The Bertz CT molecular complexity index is 306. The number of ether oxygens (including phenoxy) is 1. The molecular formula is C8H18ClN4O3P. The van der Waals surface area contributed by atoms with Gasteiger partial charge in [0.2, 0.25) is 5.91 Å². The summed E-state index contributed by atoms with van der Waals surface area (Å²) in [6, 6.07) is 0. The summed E-state index contributed by atoms with van der Waals surface area (Å²) in [4.78, 5) is 22.3. The van der Waals surface area contributed by atoms with Gasteiger partial charge >= 0.3 is 6.09 Å². The number of rotatable bonds is 4. The van der Waals surface area contributed by atoms with Gasteiger partial charge in [0.1, 0.15) is 5.60 Å². The van der Waals surface area contributed by atoms with Crippen LogP contribution in [0.1, 0.15) is 27.2 Å². The number of halogens is 1. The minimum absolute atomic E-state index is 0.121. The van der Waals surface area contributed by atoms with Gasteiger partial charge in [-0.25, -0.2) is 10.2 Å². The molecule has 0 aliphatic heterocycles. The smallest absolute Gasteiger partial charge is 0.426 e. The molecule has 1 unspecified atom stereocenters. The first-order valence-electron chi connectivity index (χ1n) is 4.96. The van der Waals surface area contributed by atoms with Crippen LogP contribution < -0.4 is 15.9 Å². The van der Waals surface area contributed by atoms with Gasteiger partial charge in [0.25, 0.3) is 0 Å². The van der Waals surface area contributed by atoms with E-state index in [4.69, 9.17) is 21.1 Å². The Morgan fingerprint density at radius 1 is 1.35 bits per heavy atom. The molecule has 0 aromatic carbocycles. The first kappa shape index (κ1) is 16.2. The zero-order chi connectivity index (χ0) is 13.5. The van der Waals surface area contributed by atoms with E-state index >= 15 is 0 Å². The van der Waals surface area contributed by atoms with Crippen LogP contribution in [-0.2, 0) is 9.53 Å². The van der Waals surface area contributed by atoms with E-state index in [1.807, 2.05) is 0 Å². The molecule has 1 atom stereocenters. The van der Waals surface area contributed by atoms with E-state index in [0.717, 1.165) is 0 Å². The first-order valence-corrected chi connectivity index (χ1v) is 7.47. The number of amides is 2. The van der Waals surface area contributed by atoms with Crippen molar-refractivity contribution in [1.82, 2.24) is 15.9 Å². The highest BCUT2D eigenvalue weighted by Crippen LogP contribution is 2.20. The SMILES string of the molecule is CC(C)(C)OC(=O)NNC(=O)CCN[PH](=N)Cl. The highest BCUT2D eigenvalue weighted by atomic mass is 35.7. The van der Waals surface area contributed by atoms with Gasteiger partial charge in [-0.2, -0.15) is 0 Å². The maximum Gasteiger partial charge on any atom is 0.426 e. The van der Waals surface area contributed by atoms with Crippen molar-refractivity contribution in [3.05, 3.63) is 0 Å². The summed E-state index contributed by atoms with van der Waals surface area (Å²) >= 11 is 5.40. The van der Waals surface area contributed by atoms with E-state index in [-0.39, 0.29) is 12.3 Å². The topological polar surface area (TPSA) is 103 Å². The molecule has 0 bridgehead atoms. The quantitative estimate of drug-likeness (QED) is 0.465. The number of hydrogen-bond acceptors (Lipinski definition) is 4. The van der Waals surface area contributed by atoms with Gasteiger partial charge in [-0.05, 0) is 20.8 Å². The fourth-order valence-corrected chi connectivity index (χ4v) is 1.40. The maximum absolute atomic E-state index is 11.2. The molecule has 0 fully saturated rings. The molecule has 100 valence electrons. The van der Waals surface area contributed by atoms with Crippen molar-refractivity contribution in [2.75, 3.05) is 6.54 Å². The van der Waals surface area contributed by atoms with Crippen LogP contribution in [0.4, 0.5) is 4.79 Å². The number of carbonyl (C=O) groups excluding carboxylic acids is 2. The third-order valence-corrected chi connectivity index (χ3v) is 2.30. The fraction of sp³-hybridized carbons (Fsp3) is 0.750. The second kappa shape index (κ2) is 7.53. The first-order chi connectivity index (χ1) is 7.70. The number of carbonyl (C=O) groups is 2. The van der Waals surface area contributed by atoms with Crippen LogP contribution in [0.2, 0.25) is 0 Å². The van der Waals surface area contributed by atoms with Crippen molar-refractivity contribution >= 4 is 30.5 Å². The van der Waals surface area contributed by atoms with Crippen molar-refractivity contribution in [3.63, 3.8) is 0 Å². The molecule has 0 radical (unpaired) electrons. The summed E-state index contributed by atoms with van der Waals surface area (Å²) in [5, 5.41) is 9.66. The Kier molecular flexibility index (Phi) is 7.18. The van der Waals surface area contributed by atoms with E-state index in [9.17, 15) is 9.59 Å². The van der Waals surface area contributed by atoms with Crippen LogP contribution in [0.3, 0.4) is 0 Å². The summed E-state index contributed by atoms with van der Waals surface area (Å²) in [7, 11) is -1.80. The molecule has 9 heteroatoms. The second-order valence-corrected chi connectivity index (χ2v) is 6.28. The molecule has 2 amide bonds. The van der Waals surface area contributed by atoms with Crippen LogP contribution in [-0.4, -0.2) is 24.1 Å². The number of nitrogens with one attached hydrogen (secondary N) is 4. The molecular weight excluding hydrogens is 267 g/mol. The van der Waals surface area contributed by atoms with Crippen molar-refractivity contribution < 1.29 is 14.3 Å². The number of hydrazine groups is 1. The molecule has 0 saturated carbocycles. The lowest BCUT2D eigenvalue weighted by Crippen LogP contribution is -2.44. The van der Waals surface area contributed by atoms with Gasteiger partial charge in [-0.3, -0.25) is 20.5 Å². The van der Waals surface area contributed by atoms with E-state index < -0.39 is 18.9 Å². The van der Waals surface area contributed by atoms with E-state index in [1.165, 1.54) is 0 Å². The maximum atomic E-state index is 11.2. The third kappa shape index (κ3) is 11.5. The zero-order valence-corrected chi connectivity index (χ0v) is 11.8. The number of hydrogen-bond donors (Lipinski definition) is 4. The van der Waals surface area contributed by atoms with Crippen LogP contribution in [0.15, 0.2) is 0 Å². The Hall–Kier alpha value is -0.780. The molecule has 0 saturated heterocycles. The van der Waals surface area contributed by atoms with Crippen molar-refractivity contribution in [3.8, 4) is 0 Å². The molecule has 0 aliphatic rings. The van der Waals surface area contributed by atoms with E-state index in [0.29, 0.717) is 6.54 Å². The van der Waals surface area contributed by atoms with Gasteiger partial charge in [0.05, 0.1) is 7.22 Å². The lowest BCUT2D eigenvalue weighted by Gasteiger charge is -2.19. The molecule has 17 heavy (non-hydrogen) atoms. The Labute approximate surface area is 106 Å². The van der Waals surface area contributed by atoms with E-state index in [1.54, 1.807) is 20.8 Å². The summed E-state index contributed by atoms with van der Waals surface area (Å²) in [6.45, 7) is 5.45. The van der Waals surface area contributed by atoms with Gasteiger partial charge < -0.3 is 4.74 Å². The third-order valence-electron chi connectivity index (χ3n) is 1.34. The lowest BCUT2D eigenvalue weighted by atomic mass is 10.2. The summed E-state index contributed by atoms with van der Waals surface area (Å²) in [5.41, 5.74) is 3.69.